The fourth-order valence-corrected chi connectivity index (χ4v) is 2.12. The summed E-state index contributed by atoms with van der Waals surface area (Å²) in [5.74, 6) is 0. The molecule has 88 valence electrons. The summed E-state index contributed by atoms with van der Waals surface area (Å²) in [6.07, 6.45) is 2.02. The molecule has 1 aromatic heterocycles. The zero-order valence-corrected chi connectivity index (χ0v) is 9.85. The molecule has 2 rings (SSSR count). The first kappa shape index (κ1) is 11.4. The van der Waals surface area contributed by atoms with Crippen LogP contribution in [0.25, 0.3) is 0 Å². The van der Waals surface area contributed by atoms with Crippen LogP contribution >= 0.6 is 11.3 Å². The highest BCUT2D eigenvalue weighted by Crippen LogP contribution is 2.44. The third-order valence-corrected chi connectivity index (χ3v) is 3.80. The highest BCUT2D eigenvalue weighted by Gasteiger charge is 2.41. The second kappa shape index (κ2) is 4.84. The fourth-order valence-electron chi connectivity index (χ4n) is 1.48. The Morgan fingerprint density at radius 3 is 2.88 bits per heavy atom. The van der Waals surface area contributed by atoms with E-state index in [0.29, 0.717) is 13.1 Å². The van der Waals surface area contributed by atoms with Crippen molar-refractivity contribution in [2.75, 3.05) is 13.2 Å². The van der Waals surface area contributed by atoms with Crippen molar-refractivity contribution in [3.63, 3.8) is 0 Å². The van der Waals surface area contributed by atoms with Crippen LogP contribution in [0.1, 0.15) is 17.7 Å². The van der Waals surface area contributed by atoms with Crippen molar-refractivity contribution >= 4 is 17.4 Å². The SMILES string of the molecule is O=C(NCc1cccs1)NCC1(CO)CC1. The van der Waals surface area contributed by atoms with E-state index in [9.17, 15) is 4.79 Å². The fraction of sp³-hybridized carbons (Fsp3) is 0.545. The Morgan fingerprint density at radius 2 is 2.31 bits per heavy atom. The summed E-state index contributed by atoms with van der Waals surface area (Å²) in [5, 5.41) is 16.6. The maximum atomic E-state index is 11.4. The molecule has 1 saturated carbocycles. The number of carbonyl (C=O) groups is 1. The van der Waals surface area contributed by atoms with Gasteiger partial charge in [0, 0.05) is 16.8 Å². The summed E-state index contributed by atoms with van der Waals surface area (Å²) in [7, 11) is 0. The standard InChI is InChI=1S/C11H16N2O2S/c14-8-11(3-4-11)7-13-10(15)12-6-9-2-1-5-16-9/h1-2,5,14H,3-4,6-8H2,(H2,12,13,15). The quantitative estimate of drug-likeness (QED) is 0.727. The van der Waals surface area contributed by atoms with E-state index in [2.05, 4.69) is 10.6 Å². The van der Waals surface area contributed by atoms with Crippen LogP contribution in [-0.2, 0) is 6.54 Å². The minimum absolute atomic E-state index is 0.0275. The van der Waals surface area contributed by atoms with Crippen molar-refractivity contribution in [1.82, 2.24) is 10.6 Å². The van der Waals surface area contributed by atoms with Gasteiger partial charge in [-0.1, -0.05) is 6.07 Å². The van der Waals surface area contributed by atoms with Gasteiger partial charge in [-0.3, -0.25) is 0 Å². The van der Waals surface area contributed by atoms with Crippen LogP contribution in [0.15, 0.2) is 17.5 Å². The molecule has 1 aliphatic rings. The molecule has 2 amide bonds. The van der Waals surface area contributed by atoms with Crippen LogP contribution in [0.4, 0.5) is 4.79 Å². The zero-order valence-electron chi connectivity index (χ0n) is 9.03. The van der Waals surface area contributed by atoms with Gasteiger partial charge in [-0.25, -0.2) is 4.79 Å². The van der Waals surface area contributed by atoms with E-state index in [-0.39, 0.29) is 18.1 Å². The van der Waals surface area contributed by atoms with Crippen LogP contribution in [0.3, 0.4) is 0 Å². The van der Waals surface area contributed by atoms with E-state index in [1.807, 2.05) is 17.5 Å². The van der Waals surface area contributed by atoms with Crippen molar-refractivity contribution in [3.8, 4) is 0 Å². The topological polar surface area (TPSA) is 61.4 Å². The predicted molar refractivity (Wildman–Crippen MR) is 63.3 cm³/mol. The maximum absolute atomic E-state index is 11.4. The number of thiophene rings is 1. The van der Waals surface area contributed by atoms with Gasteiger partial charge in [0.2, 0.25) is 0 Å². The second-order valence-corrected chi connectivity index (χ2v) is 5.31. The molecule has 5 heteroatoms. The van der Waals surface area contributed by atoms with Gasteiger partial charge >= 0.3 is 6.03 Å². The molecule has 16 heavy (non-hydrogen) atoms. The van der Waals surface area contributed by atoms with Gasteiger partial charge < -0.3 is 15.7 Å². The summed E-state index contributed by atoms with van der Waals surface area (Å²) in [4.78, 5) is 12.6. The first-order valence-electron chi connectivity index (χ1n) is 5.39. The largest absolute Gasteiger partial charge is 0.396 e. The smallest absolute Gasteiger partial charge is 0.315 e. The molecule has 1 aromatic rings. The van der Waals surface area contributed by atoms with Gasteiger partial charge in [-0.2, -0.15) is 0 Å². The van der Waals surface area contributed by atoms with Crippen LogP contribution in [0, 0.1) is 5.41 Å². The van der Waals surface area contributed by atoms with Gasteiger partial charge in [0.15, 0.2) is 0 Å². The predicted octanol–water partition coefficient (Wildman–Crippen LogP) is 1.32. The second-order valence-electron chi connectivity index (χ2n) is 4.27. The molecule has 0 bridgehead atoms. The lowest BCUT2D eigenvalue weighted by atomic mass is 10.1. The highest BCUT2D eigenvalue weighted by molar-refractivity contribution is 7.09. The van der Waals surface area contributed by atoms with E-state index in [1.54, 1.807) is 11.3 Å². The third-order valence-electron chi connectivity index (χ3n) is 2.92. The summed E-state index contributed by atoms with van der Waals surface area (Å²) in [5.41, 5.74) is -0.0275. The summed E-state index contributed by atoms with van der Waals surface area (Å²) in [6, 6.07) is 3.79. The average molecular weight is 240 g/mol. The Kier molecular flexibility index (Phi) is 3.46. The van der Waals surface area contributed by atoms with E-state index in [0.717, 1.165) is 17.7 Å². The van der Waals surface area contributed by atoms with E-state index >= 15 is 0 Å². The van der Waals surface area contributed by atoms with Gasteiger partial charge in [0.05, 0.1) is 13.2 Å². The summed E-state index contributed by atoms with van der Waals surface area (Å²) >= 11 is 1.62. The molecule has 0 radical (unpaired) electrons. The van der Waals surface area contributed by atoms with Crippen molar-refractivity contribution in [2.45, 2.75) is 19.4 Å². The Balaban J connectivity index is 1.65. The molecule has 4 nitrogen and oxygen atoms in total. The van der Waals surface area contributed by atoms with Crippen molar-refractivity contribution in [3.05, 3.63) is 22.4 Å². The van der Waals surface area contributed by atoms with E-state index in [1.165, 1.54) is 0 Å². The molecule has 0 unspecified atom stereocenters. The molecule has 1 heterocycles. The van der Waals surface area contributed by atoms with Crippen molar-refractivity contribution in [2.24, 2.45) is 5.41 Å². The number of amides is 2. The van der Waals surface area contributed by atoms with E-state index in [4.69, 9.17) is 5.11 Å². The molecule has 3 N–H and O–H groups in total. The molecule has 0 saturated heterocycles. The highest BCUT2D eigenvalue weighted by atomic mass is 32.1. The minimum Gasteiger partial charge on any atom is -0.396 e. The number of nitrogens with one attached hydrogen (secondary N) is 2. The lowest BCUT2D eigenvalue weighted by molar-refractivity contribution is 0.203. The van der Waals surface area contributed by atoms with Crippen LogP contribution in [-0.4, -0.2) is 24.3 Å². The van der Waals surface area contributed by atoms with Crippen LogP contribution < -0.4 is 10.6 Å². The molecule has 1 fully saturated rings. The van der Waals surface area contributed by atoms with Gasteiger partial charge in [-0.15, -0.1) is 11.3 Å². The third kappa shape index (κ3) is 2.96. The van der Waals surface area contributed by atoms with E-state index < -0.39 is 0 Å². The van der Waals surface area contributed by atoms with Crippen molar-refractivity contribution in [1.29, 1.82) is 0 Å². The lowest BCUT2D eigenvalue weighted by Gasteiger charge is -2.13. The molecule has 0 aromatic carbocycles. The number of rotatable bonds is 5. The Bertz CT molecular complexity index is 347. The monoisotopic (exact) mass is 240 g/mol. The minimum atomic E-state index is -0.159. The molecule has 1 aliphatic carbocycles. The Hall–Kier alpha value is -1.07. The van der Waals surface area contributed by atoms with Gasteiger partial charge in [0.25, 0.3) is 0 Å². The van der Waals surface area contributed by atoms with Crippen molar-refractivity contribution < 1.29 is 9.90 Å². The number of urea groups is 1. The van der Waals surface area contributed by atoms with Gasteiger partial charge in [-0.05, 0) is 24.3 Å². The van der Waals surface area contributed by atoms with Gasteiger partial charge in [0.1, 0.15) is 0 Å². The van der Waals surface area contributed by atoms with Crippen LogP contribution in [0.5, 0.6) is 0 Å². The zero-order chi connectivity index (χ0) is 11.4. The number of hydrogen-bond acceptors (Lipinski definition) is 3. The number of aliphatic hydroxyl groups excluding tert-OH is 1. The first-order chi connectivity index (χ1) is 7.74. The first-order valence-corrected chi connectivity index (χ1v) is 6.27. The maximum Gasteiger partial charge on any atom is 0.315 e. The molecule has 0 atom stereocenters. The molecular weight excluding hydrogens is 224 g/mol. The van der Waals surface area contributed by atoms with Crippen LogP contribution in [0.2, 0.25) is 0 Å². The summed E-state index contributed by atoms with van der Waals surface area (Å²) in [6.45, 7) is 1.30. The normalized spacial score (nSPS) is 16.8. The molecule has 0 aliphatic heterocycles. The number of carbonyl (C=O) groups excluding carboxylic acids is 1. The number of aliphatic hydroxyl groups is 1. The lowest BCUT2D eigenvalue weighted by Crippen LogP contribution is -2.39. The average Bonchev–Trinajstić information content (AvgIpc) is 2.90. The summed E-state index contributed by atoms with van der Waals surface area (Å²) < 4.78 is 0. The molecule has 0 spiro atoms. The Morgan fingerprint density at radius 1 is 1.50 bits per heavy atom. The Labute approximate surface area is 98.7 Å². The number of hydrogen-bond donors (Lipinski definition) is 3. The molecular formula is C11H16N2O2S.